The first-order chi connectivity index (χ1) is 9.16. The Morgan fingerprint density at radius 3 is 2.68 bits per heavy atom. The second-order valence-electron chi connectivity index (χ2n) is 5.16. The molecule has 0 N–H and O–H groups in total. The molecule has 2 rings (SSSR count). The number of ether oxygens (including phenoxy) is 2. The molecule has 102 valence electrons. The quantitative estimate of drug-likeness (QED) is 0.756. The summed E-state index contributed by atoms with van der Waals surface area (Å²) in [5, 5.41) is 0. The smallest absolute Gasteiger partial charge is 0.158 e. The molecule has 0 aromatic heterocycles. The Balaban J connectivity index is 1.90. The lowest BCUT2D eigenvalue weighted by Crippen LogP contribution is -2.22. The van der Waals surface area contributed by atoms with Gasteiger partial charge in [-0.05, 0) is 62.8 Å². The summed E-state index contributed by atoms with van der Waals surface area (Å²) in [5.41, 5.74) is 4.92. The molecule has 2 nitrogen and oxygen atoms in total. The van der Waals surface area contributed by atoms with Crippen molar-refractivity contribution in [1.82, 2.24) is 0 Å². The van der Waals surface area contributed by atoms with E-state index in [-0.39, 0.29) is 6.29 Å². The minimum absolute atomic E-state index is 0.0519. The van der Waals surface area contributed by atoms with Crippen LogP contribution in [0, 0.1) is 32.6 Å². The van der Waals surface area contributed by atoms with Crippen molar-refractivity contribution < 1.29 is 9.47 Å². The third-order valence-corrected chi connectivity index (χ3v) is 3.54. The standard InChI is InChI=1S/C17H22O2/c1-13-11-15(3)16(12-14(13)2)7-6-10-19-17-8-4-5-9-18-17/h11-12,17H,4-5,8-10H2,1-3H3. The molecule has 0 amide bonds. The first kappa shape index (κ1) is 14.1. The Morgan fingerprint density at radius 1 is 1.16 bits per heavy atom. The van der Waals surface area contributed by atoms with E-state index in [4.69, 9.17) is 9.47 Å². The topological polar surface area (TPSA) is 18.5 Å². The second-order valence-corrected chi connectivity index (χ2v) is 5.16. The Hall–Kier alpha value is -1.30. The van der Waals surface area contributed by atoms with Gasteiger partial charge < -0.3 is 9.47 Å². The van der Waals surface area contributed by atoms with Gasteiger partial charge in [0.05, 0.1) is 0 Å². The zero-order chi connectivity index (χ0) is 13.7. The maximum Gasteiger partial charge on any atom is 0.158 e. The lowest BCUT2D eigenvalue weighted by atomic mass is 10.0. The van der Waals surface area contributed by atoms with E-state index >= 15 is 0 Å². The molecule has 2 heteroatoms. The summed E-state index contributed by atoms with van der Waals surface area (Å²) in [6, 6.07) is 4.33. The van der Waals surface area contributed by atoms with Crippen LogP contribution in [0.1, 0.15) is 41.5 Å². The lowest BCUT2D eigenvalue weighted by Gasteiger charge is -2.21. The molecule has 0 spiro atoms. The Morgan fingerprint density at radius 2 is 1.95 bits per heavy atom. The van der Waals surface area contributed by atoms with Gasteiger partial charge in [-0.15, -0.1) is 0 Å². The van der Waals surface area contributed by atoms with Crippen molar-refractivity contribution in [2.24, 2.45) is 0 Å². The van der Waals surface area contributed by atoms with E-state index in [1.54, 1.807) is 0 Å². The van der Waals surface area contributed by atoms with Crippen LogP contribution in [0.4, 0.5) is 0 Å². The van der Waals surface area contributed by atoms with E-state index in [0.717, 1.165) is 25.0 Å². The number of hydrogen-bond acceptors (Lipinski definition) is 2. The molecule has 1 atom stereocenters. The van der Waals surface area contributed by atoms with Gasteiger partial charge in [0.1, 0.15) is 6.61 Å². The fourth-order valence-electron chi connectivity index (χ4n) is 2.20. The summed E-state index contributed by atoms with van der Waals surface area (Å²) >= 11 is 0. The van der Waals surface area contributed by atoms with Crippen LogP contribution < -0.4 is 0 Å². The van der Waals surface area contributed by atoms with E-state index in [1.807, 2.05) is 0 Å². The third-order valence-electron chi connectivity index (χ3n) is 3.54. The van der Waals surface area contributed by atoms with Crippen molar-refractivity contribution in [3.05, 3.63) is 34.4 Å². The van der Waals surface area contributed by atoms with Crippen LogP contribution in [0.15, 0.2) is 12.1 Å². The molecule has 1 unspecified atom stereocenters. The number of hydrogen-bond donors (Lipinski definition) is 0. The predicted octanol–water partition coefficient (Wildman–Crippen LogP) is 3.51. The zero-order valence-electron chi connectivity index (χ0n) is 12.1. The highest BCUT2D eigenvalue weighted by atomic mass is 16.7. The molecule has 0 bridgehead atoms. The Bertz CT molecular complexity index is 488. The van der Waals surface area contributed by atoms with Crippen LogP contribution in [0.25, 0.3) is 0 Å². The van der Waals surface area contributed by atoms with Gasteiger partial charge in [0.25, 0.3) is 0 Å². The fraction of sp³-hybridized carbons (Fsp3) is 0.529. The van der Waals surface area contributed by atoms with Crippen LogP contribution in [0.5, 0.6) is 0 Å². The summed E-state index contributed by atoms with van der Waals surface area (Å²) < 4.78 is 11.1. The van der Waals surface area contributed by atoms with E-state index in [0.29, 0.717) is 6.61 Å². The Labute approximate surface area is 116 Å². The zero-order valence-corrected chi connectivity index (χ0v) is 12.1. The maximum atomic E-state index is 5.60. The van der Waals surface area contributed by atoms with Gasteiger partial charge in [0, 0.05) is 12.2 Å². The minimum atomic E-state index is -0.0519. The monoisotopic (exact) mass is 258 g/mol. The van der Waals surface area contributed by atoms with Crippen LogP contribution in [-0.2, 0) is 9.47 Å². The van der Waals surface area contributed by atoms with Crippen molar-refractivity contribution in [1.29, 1.82) is 0 Å². The highest BCUT2D eigenvalue weighted by Crippen LogP contribution is 2.15. The third kappa shape index (κ3) is 4.09. The van der Waals surface area contributed by atoms with Gasteiger partial charge in [-0.1, -0.05) is 17.9 Å². The molecule has 1 heterocycles. The molecule has 19 heavy (non-hydrogen) atoms. The molecule has 1 aromatic carbocycles. The molecule has 1 aliphatic rings. The normalized spacial score (nSPS) is 18.8. The highest BCUT2D eigenvalue weighted by molar-refractivity contribution is 5.45. The van der Waals surface area contributed by atoms with Crippen LogP contribution in [0.2, 0.25) is 0 Å². The number of rotatable bonds is 2. The molecule has 1 saturated heterocycles. The van der Waals surface area contributed by atoms with Gasteiger partial charge in [-0.3, -0.25) is 0 Å². The summed E-state index contributed by atoms with van der Waals surface area (Å²) in [6.07, 6.45) is 3.27. The first-order valence-electron chi connectivity index (χ1n) is 6.97. The van der Waals surface area contributed by atoms with Crippen molar-refractivity contribution in [2.75, 3.05) is 13.2 Å². The SMILES string of the molecule is Cc1cc(C)c(C#CCOC2CCCCO2)cc1C. The lowest BCUT2D eigenvalue weighted by molar-refractivity contribution is -0.154. The van der Waals surface area contributed by atoms with E-state index in [9.17, 15) is 0 Å². The van der Waals surface area contributed by atoms with Crippen LogP contribution in [-0.4, -0.2) is 19.5 Å². The molecule has 1 aromatic rings. The second kappa shape index (κ2) is 6.75. The van der Waals surface area contributed by atoms with Crippen LogP contribution in [0.3, 0.4) is 0 Å². The van der Waals surface area contributed by atoms with Crippen LogP contribution >= 0.6 is 0 Å². The summed E-state index contributed by atoms with van der Waals surface area (Å²) in [7, 11) is 0. The largest absolute Gasteiger partial charge is 0.353 e. The van der Waals surface area contributed by atoms with Crippen molar-refractivity contribution in [2.45, 2.75) is 46.3 Å². The summed E-state index contributed by atoms with van der Waals surface area (Å²) in [5.74, 6) is 6.27. The molecule has 1 fully saturated rings. The minimum Gasteiger partial charge on any atom is -0.353 e. The van der Waals surface area contributed by atoms with E-state index in [2.05, 4.69) is 44.7 Å². The molecular formula is C17H22O2. The molecule has 1 aliphatic heterocycles. The van der Waals surface area contributed by atoms with E-state index < -0.39 is 0 Å². The van der Waals surface area contributed by atoms with Crippen molar-refractivity contribution >= 4 is 0 Å². The predicted molar refractivity (Wildman–Crippen MR) is 77.1 cm³/mol. The maximum absolute atomic E-state index is 5.60. The molecule has 0 saturated carbocycles. The highest BCUT2D eigenvalue weighted by Gasteiger charge is 2.12. The first-order valence-corrected chi connectivity index (χ1v) is 6.97. The number of aryl methyl sites for hydroxylation is 3. The number of benzene rings is 1. The van der Waals surface area contributed by atoms with Crippen molar-refractivity contribution in [3.8, 4) is 11.8 Å². The molecular weight excluding hydrogens is 236 g/mol. The summed E-state index contributed by atoms with van der Waals surface area (Å²) in [6.45, 7) is 7.60. The van der Waals surface area contributed by atoms with Gasteiger partial charge >= 0.3 is 0 Å². The van der Waals surface area contributed by atoms with Gasteiger partial charge in [0.2, 0.25) is 0 Å². The van der Waals surface area contributed by atoms with Gasteiger partial charge in [-0.25, -0.2) is 0 Å². The van der Waals surface area contributed by atoms with Gasteiger partial charge in [0.15, 0.2) is 6.29 Å². The average molecular weight is 258 g/mol. The molecule has 0 radical (unpaired) electrons. The fourth-order valence-corrected chi connectivity index (χ4v) is 2.20. The average Bonchev–Trinajstić information content (AvgIpc) is 2.41. The van der Waals surface area contributed by atoms with Gasteiger partial charge in [-0.2, -0.15) is 0 Å². The molecule has 0 aliphatic carbocycles. The Kier molecular flexibility index (Phi) is 5.01. The van der Waals surface area contributed by atoms with E-state index in [1.165, 1.54) is 23.1 Å². The summed E-state index contributed by atoms with van der Waals surface area (Å²) in [4.78, 5) is 0. The van der Waals surface area contributed by atoms with Crippen molar-refractivity contribution in [3.63, 3.8) is 0 Å².